The van der Waals surface area contributed by atoms with E-state index in [0.29, 0.717) is 10.7 Å². The maximum Gasteiger partial charge on any atom is 0.263 e. The Hall–Kier alpha value is -1.47. The minimum atomic E-state index is -3.74. The van der Waals surface area contributed by atoms with Gasteiger partial charge in [-0.1, -0.05) is 6.42 Å². The Bertz CT molecular complexity index is 776. The number of fused-ring (bicyclic) bond motifs is 1. The van der Waals surface area contributed by atoms with Gasteiger partial charge in [0.2, 0.25) is 0 Å². The van der Waals surface area contributed by atoms with Crippen LogP contribution in [0.4, 0.5) is 9.52 Å². The largest absolute Gasteiger partial charge is 0.263 e. The van der Waals surface area contributed by atoms with E-state index < -0.39 is 15.8 Å². The molecule has 0 spiro atoms. The predicted octanol–water partition coefficient (Wildman–Crippen LogP) is 3.66. The van der Waals surface area contributed by atoms with Crippen molar-refractivity contribution in [3.05, 3.63) is 40.2 Å². The summed E-state index contributed by atoms with van der Waals surface area (Å²) >= 11 is 1.40. The maximum atomic E-state index is 13.1. The molecular weight excluding hydrogens is 323 g/mol. The highest BCUT2D eigenvalue weighted by Crippen LogP contribution is 2.30. The highest BCUT2D eigenvalue weighted by molar-refractivity contribution is 7.93. The Morgan fingerprint density at radius 3 is 2.77 bits per heavy atom. The minimum Gasteiger partial charge on any atom is -0.255 e. The average molecular weight is 340 g/mol. The molecule has 1 N–H and O–H groups in total. The molecule has 1 aliphatic rings. The number of hydrogen-bond donors (Lipinski definition) is 1. The fourth-order valence-corrected chi connectivity index (χ4v) is 5.17. The lowest BCUT2D eigenvalue weighted by Crippen LogP contribution is -2.14. The van der Waals surface area contributed by atoms with Crippen LogP contribution in [0.5, 0.6) is 0 Å². The van der Waals surface area contributed by atoms with E-state index in [-0.39, 0.29) is 4.90 Å². The number of sulfonamides is 1. The van der Waals surface area contributed by atoms with E-state index in [9.17, 15) is 12.8 Å². The van der Waals surface area contributed by atoms with Crippen LogP contribution in [0.1, 0.15) is 35.4 Å². The van der Waals surface area contributed by atoms with Crippen LogP contribution in [0.15, 0.2) is 23.1 Å². The molecule has 0 fully saturated rings. The van der Waals surface area contributed by atoms with E-state index in [1.807, 2.05) is 0 Å². The molecule has 118 valence electrons. The highest BCUT2D eigenvalue weighted by atomic mass is 32.2. The first-order valence-corrected chi connectivity index (χ1v) is 9.53. The number of aromatic nitrogens is 1. The summed E-state index contributed by atoms with van der Waals surface area (Å²) in [6.07, 6.45) is 5.28. The van der Waals surface area contributed by atoms with Gasteiger partial charge in [-0.2, -0.15) is 0 Å². The van der Waals surface area contributed by atoms with Crippen molar-refractivity contribution < 1.29 is 12.8 Å². The average Bonchev–Trinajstić information content (AvgIpc) is 2.66. The number of rotatable bonds is 3. The van der Waals surface area contributed by atoms with Crippen LogP contribution in [-0.2, 0) is 22.9 Å². The van der Waals surface area contributed by atoms with E-state index in [4.69, 9.17) is 0 Å². The molecule has 0 bridgehead atoms. The number of hydrogen-bond acceptors (Lipinski definition) is 4. The molecule has 0 saturated heterocycles. The Kier molecular flexibility index (Phi) is 4.18. The van der Waals surface area contributed by atoms with Gasteiger partial charge in [0, 0.05) is 4.88 Å². The molecule has 4 nitrogen and oxygen atoms in total. The molecule has 2 aromatic rings. The molecule has 1 aromatic heterocycles. The molecule has 22 heavy (non-hydrogen) atoms. The molecular formula is C15H17FN2O2S2. The standard InChI is InChI=1S/C15H17FN2O2S2/c1-10-9-11(16)7-8-14(10)22(19,20)18-15-17-12-5-3-2-4-6-13(12)21-15/h7-9H,2-6H2,1H3,(H,17,18). The zero-order valence-electron chi connectivity index (χ0n) is 12.2. The van der Waals surface area contributed by atoms with Crippen molar-refractivity contribution in [2.24, 2.45) is 0 Å². The minimum absolute atomic E-state index is 0.0827. The molecule has 0 atom stereocenters. The van der Waals surface area contributed by atoms with E-state index >= 15 is 0 Å². The second kappa shape index (κ2) is 5.96. The monoisotopic (exact) mass is 340 g/mol. The normalized spacial score (nSPS) is 15.2. The van der Waals surface area contributed by atoms with Gasteiger partial charge in [-0.15, -0.1) is 11.3 Å². The van der Waals surface area contributed by atoms with Crippen LogP contribution in [0.25, 0.3) is 0 Å². The lowest BCUT2D eigenvalue weighted by atomic mass is 10.2. The van der Waals surface area contributed by atoms with E-state index in [2.05, 4.69) is 9.71 Å². The highest BCUT2D eigenvalue weighted by Gasteiger charge is 2.21. The van der Waals surface area contributed by atoms with Crippen molar-refractivity contribution in [2.45, 2.75) is 43.9 Å². The Morgan fingerprint density at radius 2 is 2.00 bits per heavy atom. The number of thiazole rings is 1. The SMILES string of the molecule is Cc1cc(F)ccc1S(=O)(=O)Nc1nc2c(s1)CCCCC2. The van der Waals surface area contributed by atoms with E-state index in [0.717, 1.165) is 37.4 Å². The predicted molar refractivity (Wildman–Crippen MR) is 85.3 cm³/mol. The van der Waals surface area contributed by atoms with Gasteiger partial charge in [0.05, 0.1) is 10.6 Å². The van der Waals surface area contributed by atoms with Gasteiger partial charge >= 0.3 is 0 Å². The third-order valence-electron chi connectivity index (χ3n) is 3.74. The molecule has 0 saturated carbocycles. The fourth-order valence-electron chi connectivity index (χ4n) is 2.66. The summed E-state index contributed by atoms with van der Waals surface area (Å²) in [6.45, 7) is 1.58. The third-order valence-corrected chi connectivity index (χ3v) is 6.45. The van der Waals surface area contributed by atoms with Crippen molar-refractivity contribution in [1.82, 2.24) is 4.98 Å². The molecule has 0 aliphatic heterocycles. The summed E-state index contributed by atoms with van der Waals surface area (Å²) in [7, 11) is -3.74. The smallest absolute Gasteiger partial charge is 0.255 e. The molecule has 0 unspecified atom stereocenters. The van der Waals surface area contributed by atoms with Gasteiger partial charge in [-0.05, 0) is 56.4 Å². The van der Waals surface area contributed by atoms with Gasteiger partial charge in [-0.3, -0.25) is 4.72 Å². The third kappa shape index (κ3) is 3.15. The first kappa shape index (κ1) is 15.4. The van der Waals surface area contributed by atoms with Crippen LogP contribution in [0.3, 0.4) is 0 Å². The van der Waals surface area contributed by atoms with Crippen molar-refractivity contribution in [1.29, 1.82) is 0 Å². The molecule has 0 radical (unpaired) electrons. The summed E-state index contributed by atoms with van der Waals surface area (Å²) in [4.78, 5) is 5.68. The summed E-state index contributed by atoms with van der Waals surface area (Å²) in [5.74, 6) is -0.447. The van der Waals surface area contributed by atoms with Gasteiger partial charge in [0.15, 0.2) is 5.13 Å². The van der Waals surface area contributed by atoms with E-state index in [1.54, 1.807) is 6.92 Å². The Balaban J connectivity index is 1.88. The van der Waals surface area contributed by atoms with Gasteiger partial charge in [-0.25, -0.2) is 17.8 Å². The quantitative estimate of drug-likeness (QED) is 0.868. The van der Waals surface area contributed by atoms with Crippen LogP contribution >= 0.6 is 11.3 Å². The molecule has 1 aromatic carbocycles. The van der Waals surface area contributed by atoms with Gasteiger partial charge in [0.25, 0.3) is 10.0 Å². The number of nitrogens with zero attached hydrogens (tertiary/aromatic N) is 1. The summed E-state index contributed by atoms with van der Waals surface area (Å²) in [5, 5.41) is 0.399. The van der Waals surface area contributed by atoms with Crippen LogP contribution in [0, 0.1) is 12.7 Å². The van der Waals surface area contributed by atoms with Crippen molar-refractivity contribution in [2.75, 3.05) is 4.72 Å². The first-order valence-electron chi connectivity index (χ1n) is 7.23. The second-order valence-electron chi connectivity index (χ2n) is 5.46. The van der Waals surface area contributed by atoms with Gasteiger partial charge in [0.1, 0.15) is 5.82 Å². The number of benzene rings is 1. The number of aryl methyl sites for hydroxylation is 3. The lowest BCUT2D eigenvalue weighted by molar-refractivity contribution is 0.598. The molecule has 7 heteroatoms. The zero-order valence-corrected chi connectivity index (χ0v) is 13.9. The molecule has 1 heterocycles. The van der Waals surface area contributed by atoms with Crippen LogP contribution < -0.4 is 4.72 Å². The maximum absolute atomic E-state index is 13.1. The number of nitrogens with one attached hydrogen (secondary N) is 1. The Labute approximate surface area is 133 Å². The van der Waals surface area contributed by atoms with E-state index in [1.165, 1.54) is 34.8 Å². The zero-order chi connectivity index (χ0) is 15.7. The first-order chi connectivity index (χ1) is 10.5. The fraction of sp³-hybridized carbons (Fsp3) is 0.400. The van der Waals surface area contributed by atoms with Crippen molar-refractivity contribution >= 4 is 26.5 Å². The van der Waals surface area contributed by atoms with Gasteiger partial charge < -0.3 is 0 Å². The van der Waals surface area contributed by atoms with Crippen LogP contribution in [-0.4, -0.2) is 13.4 Å². The Morgan fingerprint density at radius 1 is 1.23 bits per heavy atom. The summed E-state index contributed by atoms with van der Waals surface area (Å²) in [5.41, 5.74) is 1.39. The van der Waals surface area contributed by atoms with Crippen LogP contribution in [0.2, 0.25) is 0 Å². The summed E-state index contributed by atoms with van der Waals surface area (Å²) < 4.78 is 40.6. The topological polar surface area (TPSA) is 59.1 Å². The summed E-state index contributed by atoms with van der Waals surface area (Å²) in [6, 6.07) is 3.65. The lowest BCUT2D eigenvalue weighted by Gasteiger charge is -2.08. The second-order valence-corrected chi connectivity index (χ2v) is 8.20. The molecule has 1 aliphatic carbocycles. The molecule has 3 rings (SSSR count). The molecule has 0 amide bonds. The van der Waals surface area contributed by atoms with Crippen molar-refractivity contribution in [3.8, 4) is 0 Å². The van der Waals surface area contributed by atoms with Crippen molar-refractivity contribution in [3.63, 3.8) is 0 Å². The number of anilines is 1. The number of halogens is 1.